The highest BCUT2D eigenvalue weighted by Gasteiger charge is 2.35. The highest BCUT2D eigenvalue weighted by Crippen LogP contribution is 2.49. The Morgan fingerprint density at radius 2 is 0.711 bits per heavy atom. The van der Waals surface area contributed by atoms with Gasteiger partial charge in [-0.15, -0.1) is 0 Å². The van der Waals surface area contributed by atoms with E-state index in [9.17, 15) is 0 Å². The molecular weight excluding hydrogens is 546 g/mol. The Labute approximate surface area is 264 Å². The van der Waals surface area contributed by atoms with Gasteiger partial charge in [0.05, 0.1) is 0 Å². The first-order valence-electron chi connectivity index (χ1n) is 15.4. The molecule has 0 unspecified atom stereocenters. The number of aromatic nitrogens is 3. The van der Waals surface area contributed by atoms with Crippen LogP contribution in [0.15, 0.2) is 152 Å². The predicted molar refractivity (Wildman–Crippen MR) is 185 cm³/mol. The summed E-state index contributed by atoms with van der Waals surface area (Å²) in [6.07, 6.45) is 0. The number of hydrogen-bond donors (Lipinski definition) is 0. The van der Waals surface area contributed by atoms with Crippen molar-refractivity contribution < 1.29 is 0 Å². The van der Waals surface area contributed by atoms with E-state index in [1.54, 1.807) is 0 Å². The highest BCUT2D eigenvalue weighted by molar-refractivity contribution is 5.84. The van der Waals surface area contributed by atoms with E-state index in [2.05, 4.69) is 129 Å². The Morgan fingerprint density at radius 1 is 0.333 bits per heavy atom. The summed E-state index contributed by atoms with van der Waals surface area (Å²) >= 11 is 0. The van der Waals surface area contributed by atoms with Gasteiger partial charge in [-0.1, -0.05) is 159 Å². The summed E-state index contributed by atoms with van der Waals surface area (Å²) in [5.74, 6) is 1.97. The van der Waals surface area contributed by atoms with Crippen LogP contribution >= 0.6 is 0 Å². The number of nitrogens with zero attached hydrogens (tertiary/aromatic N) is 3. The van der Waals surface area contributed by atoms with Crippen molar-refractivity contribution in [2.75, 3.05) is 0 Å². The maximum atomic E-state index is 4.97. The van der Waals surface area contributed by atoms with Crippen LogP contribution in [0.1, 0.15) is 25.0 Å². The van der Waals surface area contributed by atoms with E-state index in [1.807, 2.05) is 36.4 Å². The first-order valence-corrected chi connectivity index (χ1v) is 15.4. The molecule has 3 nitrogen and oxygen atoms in total. The molecule has 45 heavy (non-hydrogen) atoms. The van der Waals surface area contributed by atoms with Crippen LogP contribution in [0.25, 0.3) is 67.5 Å². The Bertz CT molecular complexity index is 2150. The van der Waals surface area contributed by atoms with Crippen LogP contribution in [0, 0.1) is 0 Å². The van der Waals surface area contributed by atoms with Gasteiger partial charge < -0.3 is 0 Å². The summed E-state index contributed by atoms with van der Waals surface area (Å²) in [7, 11) is 0. The molecule has 0 saturated heterocycles. The molecule has 0 fully saturated rings. The second-order valence-corrected chi connectivity index (χ2v) is 12.1. The van der Waals surface area contributed by atoms with Crippen LogP contribution in [0.2, 0.25) is 0 Å². The third-order valence-corrected chi connectivity index (χ3v) is 8.98. The summed E-state index contributed by atoms with van der Waals surface area (Å²) in [4.78, 5) is 14.8. The molecule has 0 N–H and O–H groups in total. The Kier molecular flexibility index (Phi) is 6.46. The minimum atomic E-state index is 0.00301. The lowest BCUT2D eigenvalue weighted by Gasteiger charge is -2.21. The van der Waals surface area contributed by atoms with E-state index in [4.69, 9.17) is 15.0 Å². The quantitative estimate of drug-likeness (QED) is 0.204. The molecule has 8 rings (SSSR count). The van der Waals surface area contributed by atoms with Crippen molar-refractivity contribution in [3.8, 4) is 67.5 Å². The summed E-state index contributed by atoms with van der Waals surface area (Å²) in [5.41, 5.74) is 13.0. The standard InChI is InChI=1S/C42H31N3/c1-42(2)37-16-10-9-15-35(37)36-27-34(25-26-38(36)42)30-19-23-33(24-20-30)41-44-39(31-13-7-4-8-14-31)43-40(45-41)32-21-17-29(18-22-32)28-11-5-3-6-12-28/h3-27H,1-2H3. The zero-order chi connectivity index (χ0) is 30.4. The minimum Gasteiger partial charge on any atom is -0.208 e. The van der Waals surface area contributed by atoms with Crippen molar-refractivity contribution in [3.05, 3.63) is 163 Å². The lowest BCUT2D eigenvalue weighted by Crippen LogP contribution is -2.14. The molecule has 7 aromatic rings. The average molecular weight is 578 g/mol. The Balaban J connectivity index is 1.16. The maximum Gasteiger partial charge on any atom is 0.164 e. The van der Waals surface area contributed by atoms with Crippen molar-refractivity contribution >= 4 is 0 Å². The van der Waals surface area contributed by atoms with Crippen LogP contribution in [-0.4, -0.2) is 15.0 Å². The fourth-order valence-corrected chi connectivity index (χ4v) is 6.50. The predicted octanol–water partition coefficient (Wildman–Crippen LogP) is 10.5. The van der Waals surface area contributed by atoms with Crippen molar-refractivity contribution in [2.24, 2.45) is 0 Å². The fraction of sp³-hybridized carbons (Fsp3) is 0.0714. The van der Waals surface area contributed by atoms with Gasteiger partial charge in [0, 0.05) is 22.1 Å². The number of fused-ring (bicyclic) bond motifs is 3. The molecule has 0 aliphatic heterocycles. The maximum absolute atomic E-state index is 4.97. The average Bonchev–Trinajstić information content (AvgIpc) is 3.34. The smallest absolute Gasteiger partial charge is 0.164 e. The SMILES string of the molecule is CC1(C)c2ccccc2-c2cc(-c3ccc(-c4nc(-c5ccccc5)nc(-c5ccc(-c6ccccc6)cc5)n4)cc3)ccc21. The zero-order valence-electron chi connectivity index (χ0n) is 25.3. The Hall–Kier alpha value is -5.67. The van der Waals surface area contributed by atoms with Crippen molar-refractivity contribution in [2.45, 2.75) is 19.3 Å². The first-order chi connectivity index (χ1) is 22.0. The molecular formula is C42H31N3. The van der Waals surface area contributed by atoms with Gasteiger partial charge in [0.2, 0.25) is 0 Å². The molecule has 1 aliphatic carbocycles. The second-order valence-electron chi connectivity index (χ2n) is 12.1. The molecule has 1 aromatic heterocycles. The van der Waals surface area contributed by atoms with E-state index in [1.165, 1.54) is 33.4 Å². The van der Waals surface area contributed by atoms with E-state index < -0.39 is 0 Å². The monoisotopic (exact) mass is 577 g/mol. The first kappa shape index (κ1) is 26.9. The molecule has 0 spiro atoms. The summed E-state index contributed by atoms with van der Waals surface area (Å²) < 4.78 is 0. The normalized spacial score (nSPS) is 12.8. The van der Waals surface area contributed by atoms with Crippen LogP contribution in [0.4, 0.5) is 0 Å². The van der Waals surface area contributed by atoms with Gasteiger partial charge in [-0.3, -0.25) is 0 Å². The van der Waals surface area contributed by atoms with Gasteiger partial charge in [-0.05, 0) is 50.6 Å². The molecule has 0 atom stereocenters. The van der Waals surface area contributed by atoms with Crippen LogP contribution in [0.3, 0.4) is 0 Å². The number of hydrogen-bond acceptors (Lipinski definition) is 3. The summed E-state index contributed by atoms with van der Waals surface area (Å²) in [6.45, 7) is 4.63. The van der Waals surface area contributed by atoms with Crippen LogP contribution in [-0.2, 0) is 5.41 Å². The fourth-order valence-electron chi connectivity index (χ4n) is 6.50. The van der Waals surface area contributed by atoms with Gasteiger partial charge in [0.15, 0.2) is 17.5 Å². The van der Waals surface area contributed by atoms with Gasteiger partial charge in [-0.25, -0.2) is 15.0 Å². The van der Waals surface area contributed by atoms with Gasteiger partial charge in [-0.2, -0.15) is 0 Å². The third kappa shape index (κ3) is 4.83. The molecule has 3 heteroatoms. The zero-order valence-corrected chi connectivity index (χ0v) is 25.3. The van der Waals surface area contributed by atoms with Crippen molar-refractivity contribution in [3.63, 3.8) is 0 Å². The molecule has 1 heterocycles. The van der Waals surface area contributed by atoms with Crippen molar-refractivity contribution in [1.29, 1.82) is 0 Å². The van der Waals surface area contributed by atoms with Crippen molar-refractivity contribution in [1.82, 2.24) is 15.0 Å². The van der Waals surface area contributed by atoms with E-state index in [0.717, 1.165) is 27.8 Å². The third-order valence-electron chi connectivity index (χ3n) is 8.98. The number of rotatable bonds is 5. The minimum absolute atomic E-state index is 0.00301. The Morgan fingerprint density at radius 3 is 1.29 bits per heavy atom. The largest absolute Gasteiger partial charge is 0.208 e. The molecule has 0 radical (unpaired) electrons. The molecule has 0 amide bonds. The van der Waals surface area contributed by atoms with Gasteiger partial charge in [0.25, 0.3) is 0 Å². The number of benzene rings is 6. The molecule has 6 aromatic carbocycles. The van der Waals surface area contributed by atoms with Gasteiger partial charge >= 0.3 is 0 Å². The van der Waals surface area contributed by atoms with Crippen LogP contribution in [0.5, 0.6) is 0 Å². The van der Waals surface area contributed by atoms with E-state index >= 15 is 0 Å². The highest BCUT2D eigenvalue weighted by atomic mass is 15.0. The topological polar surface area (TPSA) is 38.7 Å². The molecule has 0 bridgehead atoms. The summed E-state index contributed by atoms with van der Waals surface area (Å²) in [5, 5.41) is 0. The molecule has 214 valence electrons. The summed E-state index contributed by atoms with van der Waals surface area (Å²) in [6, 6.07) is 53.2. The lowest BCUT2D eigenvalue weighted by molar-refractivity contribution is 0.660. The van der Waals surface area contributed by atoms with E-state index in [0.29, 0.717) is 17.5 Å². The van der Waals surface area contributed by atoms with E-state index in [-0.39, 0.29) is 5.41 Å². The van der Waals surface area contributed by atoms with Crippen LogP contribution < -0.4 is 0 Å². The molecule has 0 saturated carbocycles. The lowest BCUT2D eigenvalue weighted by atomic mass is 9.82. The van der Waals surface area contributed by atoms with Gasteiger partial charge in [0.1, 0.15) is 0 Å². The molecule has 1 aliphatic rings. The second kappa shape index (κ2) is 10.8.